The van der Waals surface area contributed by atoms with Crippen LogP contribution in [0.5, 0.6) is 0 Å². The molecule has 0 saturated carbocycles. The molecule has 0 heterocycles. The number of nitrogens with zero attached hydrogens (tertiary/aromatic N) is 1. The Balaban J connectivity index is 2.82. The van der Waals surface area contributed by atoms with Crippen LogP contribution in [0.1, 0.15) is 37.6 Å². The SMILES string of the molecule is CC(C)(C)CC(=O)c1ccc([N+](=O)[O-])cc1. The zero-order valence-electron chi connectivity index (χ0n) is 9.69. The Kier molecular flexibility index (Phi) is 3.42. The molecule has 0 aromatic heterocycles. The van der Waals surface area contributed by atoms with Gasteiger partial charge in [0.25, 0.3) is 5.69 Å². The van der Waals surface area contributed by atoms with Gasteiger partial charge in [-0.3, -0.25) is 14.9 Å². The van der Waals surface area contributed by atoms with Crippen LogP contribution in [0.2, 0.25) is 0 Å². The highest BCUT2D eigenvalue weighted by atomic mass is 16.6. The van der Waals surface area contributed by atoms with Gasteiger partial charge in [-0.2, -0.15) is 0 Å². The predicted molar refractivity (Wildman–Crippen MR) is 61.5 cm³/mol. The van der Waals surface area contributed by atoms with Crippen LogP contribution in [0.3, 0.4) is 0 Å². The van der Waals surface area contributed by atoms with Crippen molar-refractivity contribution in [3.05, 3.63) is 39.9 Å². The Morgan fingerprint density at radius 1 is 1.25 bits per heavy atom. The van der Waals surface area contributed by atoms with E-state index >= 15 is 0 Å². The molecule has 86 valence electrons. The number of hydrogen-bond acceptors (Lipinski definition) is 3. The Morgan fingerprint density at radius 3 is 2.12 bits per heavy atom. The smallest absolute Gasteiger partial charge is 0.269 e. The number of hydrogen-bond donors (Lipinski definition) is 0. The summed E-state index contributed by atoms with van der Waals surface area (Å²) in [6.07, 6.45) is 0.435. The number of ketones is 1. The molecule has 0 bridgehead atoms. The maximum absolute atomic E-state index is 11.8. The molecule has 1 rings (SSSR count). The van der Waals surface area contributed by atoms with Crippen LogP contribution in [0.4, 0.5) is 5.69 Å². The number of nitro benzene ring substituents is 1. The summed E-state index contributed by atoms with van der Waals surface area (Å²) in [5, 5.41) is 10.4. The highest BCUT2D eigenvalue weighted by molar-refractivity contribution is 5.96. The quantitative estimate of drug-likeness (QED) is 0.447. The van der Waals surface area contributed by atoms with Crippen LogP contribution < -0.4 is 0 Å². The van der Waals surface area contributed by atoms with E-state index in [1.807, 2.05) is 20.8 Å². The number of non-ortho nitro benzene ring substituents is 1. The molecular weight excluding hydrogens is 206 g/mol. The third-order valence-electron chi connectivity index (χ3n) is 2.09. The highest BCUT2D eigenvalue weighted by Gasteiger charge is 2.17. The lowest BCUT2D eigenvalue weighted by Gasteiger charge is -2.16. The fourth-order valence-electron chi connectivity index (χ4n) is 1.35. The molecule has 1 aromatic rings. The average molecular weight is 221 g/mol. The molecule has 0 atom stereocenters. The molecule has 0 radical (unpaired) electrons. The third-order valence-corrected chi connectivity index (χ3v) is 2.09. The van der Waals surface area contributed by atoms with E-state index in [1.54, 1.807) is 0 Å². The molecule has 1 aromatic carbocycles. The first-order valence-corrected chi connectivity index (χ1v) is 5.07. The van der Waals surface area contributed by atoms with Crippen LogP contribution in [-0.4, -0.2) is 10.7 Å². The zero-order valence-corrected chi connectivity index (χ0v) is 9.69. The topological polar surface area (TPSA) is 60.2 Å². The van der Waals surface area contributed by atoms with E-state index in [2.05, 4.69) is 0 Å². The number of Topliss-reactive ketones (excluding diaryl/α,β-unsaturated/α-hetero) is 1. The fourth-order valence-corrected chi connectivity index (χ4v) is 1.35. The van der Waals surface area contributed by atoms with Gasteiger partial charge < -0.3 is 0 Å². The Morgan fingerprint density at radius 2 is 1.75 bits per heavy atom. The highest BCUT2D eigenvalue weighted by Crippen LogP contribution is 2.22. The van der Waals surface area contributed by atoms with Crippen molar-refractivity contribution in [2.24, 2.45) is 5.41 Å². The van der Waals surface area contributed by atoms with E-state index in [9.17, 15) is 14.9 Å². The summed E-state index contributed by atoms with van der Waals surface area (Å²) < 4.78 is 0. The normalized spacial score (nSPS) is 11.2. The maximum Gasteiger partial charge on any atom is 0.269 e. The maximum atomic E-state index is 11.8. The lowest BCUT2D eigenvalue weighted by Crippen LogP contribution is -2.12. The summed E-state index contributed by atoms with van der Waals surface area (Å²) in [6, 6.07) is 5.73. The third kappa shape index (κ3) is 3.46. The second-order valence-electron chi connectivity index (χ2n) is 4.96. The average Bonchev–Trinajstić information content (AvgIpc) is 2.15. The lowest BCUT2D eigenvalue weighted by molar-refractivity contribution is -0.384. The molecule has 4 heteroatoms. The monoisotopic (exact) mass is 221 g/mol. The lowest BCUT2D eigenvalue weighted by atomic mass is 9.88. The van der Waals surface area contributed by atoms with Crippen molar-refractivity contribution in [1.29, 1.82) is 0 Å². The van der Waals surface area contributed by atoms with Crippen LogP contribution in [0.15, 0.2) is 24.3 Å². The zero-order chi connectivity index (χ0) is 12.3. The molecule has 4 nitrogen and oxygen atoms in total. The van der Waals surface area contributed by atoms with Gasteiger partial charge in [0, 0.05) is 24.1 Å². The summed E-state index contributed by atoms with van der Waals surface area (Å²) in [4.78, 5) is 21.7. The molecule has 0 spiro atoms. The van der Waals surface area contributed by atoms with Crippen LogP contribution in [0, 0.1) is 15.5 Å². The van der Waals surface area contributed by atoms with Crippen molar-refractivity contribution >= 4 is 11.5 Å². The largest absolute Gasteiger partial charge is 0.294 e. The summed E-state index contributed by atoms with van der Waals surface area (Å²) in [5.41, 5.74) is 0.464. The van der Waals surface area contributed by atoms with E-state index < -0.39 is 4.92 Å². The summed E-state index contributed by atoms with van der Waals surface area (Å²) >= 11 is 0. The van der Waals surface area contributed by atoms with Crippen molar-refractivity contribution in [3.8, 4) is 0 Å². The van der Waals surface area contributed by atoms with Crippen molar-refractivity contribution in [3.63, 3.8) is 0 Å². The molecule has 0 N–H and O–H groups in total. The predicted octanol–water partition coefficient (Wildman–Crippen LogP) is 3.21. The molecule has 0 aliphatic heterocycles. The number of benzene rings is 1. The van der Waals surface area contributed by atoms with Crippen molar-refractivity contribution in [1.82, 2.24) is 0 Å². The first-order chi connectivity index (χ1) is 7.29. The molecule has 0 unspecified atom stereocenters. The van der Waals surface area contributed by atoms with E-state index in [1.165, 1.54) is 24.3 Å². The van der Waals surface area contributed by atoms with Gasteiger partial charge in [0.2, 0.25) is 0 Å². The van der Waals surface area contributed by atoms with Gasteiger partial charge in [0.1, 0.15) is 0 Å². The second-order valence-corrected chi connectivity index (χ2v) is 4.96. The van der Waals surface area contributed by atoms with Crippen LogP contribution >= 0.6 is 0 Å². The standard InChI is InChI=1S/C12H15NO3/c1-12(2,3)8-11(14)9-4-6-10(7-5-9)13(15)16/h4-7H,8H2,1-3H3. The number of rotatable bonds is 3. The summed E-state index contributed by atoms with van der Waals surface area (Å²) in [5.74, 6) is 0.0161. The van der Waals surface area contributed by atoms with E-state index in [0.717, 1.165) is 0 Å². The minimum absolute atomic E-state index is 0.00677. The number of carbonyl (C=O) groups excluding carboxylic acids is 1. The summed E-state index contributed by atoms with van der Waals surface area (Å²) in [7, 11) is 0. The molecule has 0 fully saturated rings. The van der Waals surface area contributed by atoms with Gasteiger partial charge in [0.05, 0.1) is 4.92 Å². The van der Waals surface area contributed by atoms with Crippen LogP contribution in [0.25, 0.3) is 0 Å². The van der Waals surface area contributed by atoms with E-state index in [4.69, 9.17) is 0 Å². The minimum atomic E-state index is -0.474. The number of nitro groups is 1. The van der Waals surface area contributed by atoms with Crippen molar-refractivity contribution in [2.45, 2.75) is 27.2 Å². The molecule has 0 saturated heterocycles. The van der Waals surface area contributed by atoms with Gasteiger partial charge in [-0.25, -0.2) is 0 Å². The molecule has 0 aliphatic rings. The van der Waals surface area contributed by atoms with E-state index in [0.29, 0.717) is 12.0 Å². The first kappa shape index (κ1) is 12.4. The second kappa shape index (κ2) is 4.43. The molecular formula is C12H15NO3. The van der Waals surface area contributed by atoms with Crippen molar-refractivity contribution < 1.29 is 9.72 Å². The first-order valence-electron chi connectivity index (χ1n) is 5.07. The Labute approximate surface area is 94.4 Å². The fraction of sp³-hybridized carbons (Fsp3) is 0.417. The van der Waals surface area contributed by atoms with Gasteiger partial charge in [-0.05, 0) is 17.5 Å². The van der Waals surface area contributed by atoms with Crippen molar-refractivity contribution in [2.75, 3.05) is 0 Å². The van der Waals surface area contributed by atoms with Crippen LogP contribution in [-0.2, 0) is 0 Å². The Bertz CT molecular complexity index is 401. The number of carbonyl (C=O) groups is 1. The van der Waals surface area contributed by atoms with Gasteiger partial charge in [0.15, 0.2) is 5.78 Å². The van der Waals surface area contributed by atoms with Gasteiger partial charge in [-0.15, -0.1) is 0 Å². The molecule has 0 amide bonds. The summed E-state index contributed by atoms with van der Waals surface area (Å²) in [6.45, 7) is 5.95. The van der Waals surface area contributed by atoms with E-state index in [-0.39, 0.29) is 16.9 Å². The molecule has 0 aliphatic carbocycles. The Hall–Kier alpha value is -1.71. The molecule has 16 heavy (non-hydrogen) atoms. The minimum Gasteiger partial charge on any atom is -0.294 e. The van der Waals surface area contributed by atoms with Gasteiger partial charge in [-0.1, -0.05) is 20.8 Å². The van der Waals surface area contributed by atoms with Gasteiger partial charge >= 0.3 is 0 Å².